The van der Waals surface area contributed by atoms with Gasteiger partial charge in [0, 0.05) is 29.6 Å². The van der Waals surface area contributed by atoms with Crippen molar-refractivity contribution in [3.05, 3.63) is 28.2 Å². The predicted molar refractivity (Wildman–Crippen MR) is 90.3 cm³/mol. The van der Waals surface area contributed by atoms with E-state index in [9.17, 15) is 4.79 Å². The van der Waals surface area contributed by atoms with E-state index >= 15 is 0 Å². The summed E-state index contributed by atoms with van der Waals surface area (Å²) in [7, 11) is 1.76. The van der Waals surface area contributed by atoms with E-state index in [2.05, 4.69) is 0 Å². The number of likely N-dealkylation sites (N-methyl/N-ethyl adjacent to an activating group) is 1. The molecule has 7 heteroatoms. The molecule has 0 aromatic heterocycles. The third-order valence-electron chi connectivity index (χ3n) is 2.89. The number of rotatable bonds is 5. The molecule has 2 N–H and O–H groups in total. The average molecular weight is 358 g/mol. The highest BCUT2D eigenvalue weighted by Crippen LogP contribution is 2.33. The van der Waals surface area contributed by atoms with Crippen LogP contribution in [-0.2, 0) is 4.79 Å². The van der Waals surface area contributed by atoms with Crippen molar-refractivity contribution in [3.8, 4) is 0 Å². The normalized spacial score (nSPS) is 13.3. The zero-order chi connectivity index (χ0) is 14.6. The Morgan fingerprint density at radius 3 is 2.55 bits per heavy atom. The maximum atomic E-state index is 12.2. The average Bonchev–Trinajstić information content (AvgIpc) is 2.40. The van der Waals surface area contributed by atoms with Crippen molar-refractivity contribution < 1.29 is 4.79 Å². The zero-order valence-corrected chi connectivity index (χ0v) is 14.7. The number of halogens is 3. The minimum Gasteiger partial charge on any atom is -0.341 e. The molecule has 1 aromatic rings. The van der Waals surface area contributed by atoms with Crippen LogP contribution in [0.4, 0.5) is 0 Å². The van der Waals surface area contributed by atoms with Crippen LogP contribution in [0.3, 0.4) is 0 Å². The van der Waals surface area contributed by atoms with E-state index in [1.807, 2.05) is 13.8 Å². The molecule has 0 fully saturated rings. The lowest BCUT2D eigenvalue weighted by molar-refractivity contribution is -0.130. The van der Waals surface area contributed by atoms with Gasteiger partial charge in [0.25, 0.3) is 0 Å². The van der Waals surface area contributed by atoms with Crippen LogP contribution < -0.4 is 5.73 Å². The number of nitrogens with zero attached hydrogens (tertiary/aromatic N) is 1. The second-order valence-corrected chi connectivity index (χ2v) is 6.59. The predicted octanol–water partition coefficient (Wildman–Crippen LogP) is 3.70. The van der Waals surface area contributed by atoms with E-state index in [1.54, 1.807) is 30.1 Å². The first kappa shape index (κ1) is 19.9. The van der Waals surface area contributed by atoms with Gasteiger partial charge in [0.05, 0.1) is 10.3 Å². The van der Waals surface area contributed by atoms with Gasteiger partial charge < -0.3 is 10.6 Å². The number of nitrogens with two attached hydrogens (primary N) is 1. The first-order valence-corrected chi connectivity index (χ1v) is 7.58. The monoisotopic (exact) mass is 356 g/mol. The molecule has 3 nitrogen and oxygen atoms in total. The van der Waals surface area contributed by atoms with E-state index < -0.39 is 0 Å². The lowest BCUT2D eigenvalue weighted by atomic mass is 10.3. The Bertz CT molecular complexity index is 459. The standard InChI is InChI=1S/C13H18Cl2N2OS.ClH/c1-8(7-16)17(3)13(18)9(2)19-12-6-10(14)4-5-11(12)15;/h4-6,8-9H,7,16H2,1-3H3;1H. The SMILES string of the molecule is CC(Sc1cc(Cl)ccc1Cl)C(=O)N(C)C(C)CN.Cl. The molecule has 0 heterocycles. The highest BCUT2D eigenvalue weighted by Gasteiger charge is 2.22. The molecule has 20 heavy (non-hydrogen) atoms. The van der Waals surface area contributed by atoms with Gasteiger partial charge in [-0.3, -0.25) is 4.79 Å². The van der Waals surface area contributed by atoms with Crippen LogP contribution in [0.5, 0.6) is 0 Å². The molecular formula is C13H19Cl3N2OS. The van der Waals surface area contributed by atoms with Gasteiger partial charge in [0.15, 0.2) is 0 Å². The minimum atomic E-state index is -0.241. The van der Waals surface area contributed by atoms with Crippen LogP contribution in [0.1, 0.15) is 13.8 Å². The molecule has 0 aliphatic carbocycles. The molecule has 1 aromatic carbocycles. The number of amides is 1. The third-order valence-corrected chi connectivity index (χ3v) is 4.72. The van der Waals surface area contributed by atoms with Gasteiger partial charge >= 0.3 is 0 Å². The van der Waals surface area contributed by atoms with E-state index in [0.717, 1.165) is 4.90 Å². The van der Waals surface area contributed by atoms with Crippen molar-refractivity contribution in [1.82, 2.24) is 4.90 Å². The summed E-state index contributed by atoms with van der Waals surface area (Å²) in [6, 6.07) is 5.24. The van der Waals surface area contributed by atoms with Gasteiger partial charge in [0.2, 0.25) is 5.91 Å². The Morgan fingerprint density at radius 2 is 2.00 bits per heavy atom. The lowest BCUT2D eigenvalue weighted by Gasteiger charge is -2.26. The summed E-state index contributed by atoms with van der Waals surface area (Å²) in [4.78, 5) is 14.7. The first-order chi connectivity index (χ1) is 8.86. The molecule has 1 rings (SSSR count). The first-order valence-electron chi connectivity index (χ1n) is 5.95. The summed E-state index contributed by atoms with van der Waals surface area (Å²) in [5.41, 5.74) is 5.57. The lowest BCUT2D eigenvalue weighted by Crippen LogP contribution is -2.43. The van der Waals surface area contributed by atoms with Crippen molar-refractivity contribution in [2.45, 2.75) is 30.0 Å². The van der Waals surface area contributed by atoms with Gasteiger partial charge in [-0.25, -0.2) is 0 Å². The second-order valence-electron chi connectivity index (χ2n) is 4.37. The topological polar surface area (TPSA) is 46.3 Å². The summed E-state index contributed by atoms with van der Waals surface area (Å²) in [6.07, 6.45) is 0. The van der Waals surface area contributed by atoms with Crippen molar-refractivity contribution in [1.29, 1.82) is 0 Å². The third kappa shape index (κ3) is 5.34. The Balaban J connectivity index is 0.00000361. The second kappa shape index (κ2) is 9.00. The smallest absolute Gasteiger partial charge is 0.235 e. The van der Waals surface area contributed by atoms with Crippen LogP contribution in [0.15, 0.2) is 23.1 Å². The fraction of sp³-hybridized carbons (Fsp3) is 0.462. The number of carbonyl (C=O) groups is 1. The number of carbonyl (C=O) groups excluding carboxylic acids is 1. The molecule has 0 saturated carbocycles. The molecular weight excluding hydrogens is 339 g/mol. The quantitative estimate of drug-likeness (QED) is 0.817. The van der Waals surface area contributed by atoms with Gasteiger partial charge in [-0.1, -0.05) is 23.2 Å². The van der Waals surface area contributed by atoms with Crippen LogP contribution in [0.2, 0.25) is 10.0 Å². The van der Waals surface area contributed by atoms with Gasteiger partial charge in [-0.2, -0.15) is 0 Å². The highest BCUT2D eigenvalue weighted by atomic mass is 35.5. The molecule has 2 atom stereocenters. The van der Waals surface area contributed by atoms with Gasteiger partial charge in [-0.05, 0) is 32.0 Å². The molecule has 0 bridgehead atoms. The van der Waals surface area contributed by atoms with Crippen molar-refractivity contribution in [3.63, 3.8) is 0 Å². The van der Waals surface area contributed by atoms with Crippen molar-refractivity contribution >= 4 is 53.3 Å². The Hall–Kier alpha value is -0.130. The van der Waals surface area contributed by atoms with E-state index in [1.165, 1.54) is 11.8 Å². The summed E-state index contributed by atoms with van der Waals surface area (Å²) in [5, 5.41) is 0.966. The van der Waals surface area contributed by atoms with Crippen molar-refractivity contribution in [2.75, 3.05) is 13.6 Å². The van der Waals surface area contributed by atoms with E-state index in [0.29, 0.717) is 16.6 Å². The van der Waals surface area contributed by atoms with Crippen LogP contribution >= 0.6 is 47.4 Å². The molecule has 0 spiro atoms. The van der Waals surface area contributed by atoms with E-state index in [-0.39, 0.29) is 29.6 Å². The summed E-state index contributed by atoms with van der Waals surface area (Å²) >= 11 is 13.4. The number of benzene rings is 1. The van der Waals surface area contributed by atoms with E-state index in [4.69, 9.17) is 28.9 Å². The molecule has 0 aliphatic heterocycles. The van der Waals surface area contributed by atoms with Crippen molar-refractivity contribution in [2.24, 2.45) is 5.73 Å². The Labute approximate surface area is 140 Å². The van der Waals surface area contributed by atoms with Crippen LogP contribution in [-0.4, -0.2) is 35.7 Å². The molecule has 0 saturated heterocycles. The zero-order valence-electron chi connectivity index (χ0n) is 11.6. The van der Waals surface area contributed by atoms with Gasteiger partial charge in [-0.15, -0.1) is 24.2 Å². The molecule has 0 aliphatic rings. The minimum absolute atomic E-state index is 0. The maximum absolute atomic E-state index is 12.2. The Kier molecular flexibility index (Phi) is 8.95. The number of thioether (sulfide) groups is 1. The molecule has 114 valence electrons. The summed E-state index contributed by atoms with van der Waals surface area (Å²) in [5.74, 6) is 0.0268. The Morgan fingerprint density at radius 1 is 1.40 bits per heavy atom. The van der Waals surface area contributed by atoms with Crippen LogP contribution in [0, 0.1) is 0 Å². The summed E-state index contributed by atoms with van der Waals surface area (Å²) < 4.78 is 0. The fourth-order valence-corrected chi connectivity index (χ4v) is 2.98. The summed E-state index contributed by atoms with van der Waals surface area (Å²) in [6.45, 7) is 4.21. The number of hydrogen-bond acceptors (Lipinski definition) is 3. The highest BCUT2D eigenvalue weighted by molar-refractivity contribution is 8.00. The molecule has 2 unspecified atom stereocenters. The largest absolute Gasteiger partial charge is 0.341 e. The fourth-order valence-electron chi connectivity index (χ4n) is 1.47. The maximum Gasteiger partial charge on any atom is 0.235 e. The molecule has 1 amide bonds. The molecule has 0 radical (unpaired) electrons. The number of hydrogen-bond donors (Lipinski definition) is 1. The van der Waals surface area contributed by atoms with Gasteiger partial charge in [0.1, 0.15) is 0 Å². The van der Waals surface area contributed by atoms with Crippen LogP contribution in [0.25, 0.3) is 0 Å².